The lowest BCUT2D eigenvalue weighted by molar-refractivity contribution is -0.122. The lowest BCUT2D eigenvalue weighted by Crippen LogP contribution is -2.30. The maximum absolute atomic E-state index is 12.5. The smallest absolute Gasteiger partial charge is 0.265 e. The summed E-state index contributed by atoms with van der Waals surface area (Å²) in [5, 5.41) is 11.4. The van der Waals surface area contributed by atoms with Crippen molar-refractivity contribution in [1.29, 1.82) is 0 Å². The number of ether oxygens (including phenoxy) is 1. The molecule has 0 aliphatic heterocycles. The number of nitrogens with one attached hydrogen (secondary N) is 2. The number of benzene rings is 2. The van der Waals surface area contributed by atoms with Crippen LogP contribution in [0.2, 0.25) is 5.02 Å². The summed E-state index contributed by atoms with van der Waals surface area (Å²) in [6, 6.07) is 15.6. The number of anilines is 1. The van der Waals surface area contributed by atoms with Crippen molar-refractivity contribution in [2.24, 2.45) is 0 Å². The molecule has 7 nitrogen and oxygen atoms in total. The lowest BCUT2D eigenvalue weighted by Gasteiger charge is -2.16. The Kier molecular flexibility index (Phi) is 7.69. The van der Waals surface area contributed by atoms with Crippen molar-refractivity contribution in [3.05, 3.63) is 76.2 Å². The van der Waals surface area contributed by atoms with Gasteiger partial charge in [0.2, 0.25) is 0 Å². The standard InChI is InChI=1S/C28H34ClN5O2/c1-18-10-16-22(17-11-18)36-19(2)27(35)30-21-14-12-20(13-15-21)8-6-7-9-23-31-26-24(29)25(28(3,4)5)33-34(26)32-23/h10-17,19,33H,6-9H2,1-5H3,(H,30,35). The Morgan fingerprint density at radius 1 is 1.08 bits per heavy atom. The third-order valence-corrected chi connectivity index (χ3v) is 6.43. The highest BCUT2D eigenvalue weighted by molar-refractivity contribution is 6.34. The van der Waals surface area contributed by atoms with Gasteiger partial charge in [-0.15, -0.1) is 5.10 Å². The predicted molar refractivity (Wildman–Crippen MR) is 144 cm³/mol. The summed E-state index contributed by atoms with van der Waals surface area (Å²) in [6.07, 6.45) is 3.14. The first-order valence-corrected chi connectivity index (χ1v) is 12.7. The van der Waals surface area contributed by atoms with Gasteiger partial charge in [0.15, 0.2) is 17.6 Å². The molecule has 4 aromatic rings. The molecule has 1 amide bonds. The Morgan fingerprint density at radius 3 is 2.39 bits per heavy atom. The molecule has 0 saturated carbocycles. The van der Waals surface area contributed by atoms with Crippen molar-refractivity contribution in [3.63, 3.8) is 0 Å². The van der Waals surface area contributed by atoms with E-state index in [1.807, 2.05) is 55.5 Å². The molecule has 0 spiro atoms. The molecule has 0 bridgehead atoms. The van der Waals surface area contributed by atoms with Gasteiger partial charge in [-0.3, -0.25) is 9.89 Å². The normalized spacial score (nSPS) is 12.6. The van der Waals surface area contributed by atoms with Gasteiger partial charge in [-0.1, -0.05) is 62.2 Å². The molecule has 0 saturated heterocycles. The molecule has 2 aromatic heterocycles. The molecule has 0 aliphatic carbocycles. The highest BCUT2D eigenvalue weighted by atomic mass is 35.5. The number of halogens is 1. The number of amides is 1. The average Bonchev–Trinajstić information content (AvgIpc) is 3.37. The zero-order valence-electron chi connectivity index (χ0n) is 21.6. The molecule has 190 valence electrons. The quantitative estimate of drug-likeness (QED) is 0.261. The van der Waals surface area contributed by atoms with E-state index >= 15 is 0 Å². The molecule has 4 rings (SSSR count). The minimum absolute atomic E-state index is 0.0918. The maximum atomic E-state index is 12.5. The van der Waals surface area contributed by atoms with Gasteiger partial charge in [0.25, 0.3) is 5.91 Å². The van der Waals surface area contributed by atoms with Crippen molar-refractivity contribution < 1.29 is 9.53 Å². The summed E-state index contributed by atoms with van der Waals surface area (Å²) in [6.45, 7) is 10.1. The monoisotopic (exact) mass is 507 g/mol. The largest absolute Gasteiger partial charge is 0.481 e. The van der Waals surface area contributed by atoms with Crippen LogP contribution in [0, 0.1) is 6.92 Å². The Morgan fingerprint density at radius 2 is 1.75 bits per heavy atom. The van der Waals surface area contributed by atoms with E-state index in [1.165, 1.54) is 5.56 Å². The van der Waals surface area contributed by atoms with Crippen molar-refractivity contribution in [2.75, 3.05) is 5.32 Å². The van der Waals surface area contributed by atoms with E-state index in [0.29, 0.717) is 16.4 Å². The van der Waals surface area contributed by atoms with Gasteiger partial charge in [0.1, 0.15) is 10.8 Å². The van der Waals surface area contributed by atoms with E-state index in [0.717, 1.165) is 48.5 Å². The summed E-state index contributed by atoms with van der Waals surface area (Å²) in [4.78, 5) is 17.1. The predicted octanol–water partition coefficient (Wildman–Crippen LogP) is 6.29. The van der Waals surface area contributed by atoms with E-state index in [-0.39, 0.29) is 11.3 Å². The minimum Gasteiger partial charge on any atom is -0.481 e. The maximum Gasteiger partial charge on any atom is 0.265 e. The summed E-state index contributed by atoms with van der Waals surface area (Å²) >= 11 is 6.51. The SMILES string of the molecule is Cc1ccc(OC(C)C(=O)Nc2ccc(CCCCc3nc4c(Cl)c(C(C)(C)C)[nH]n4n3)cc2)cc1. The molecule has 2 N–H and O–H groups in total. The Labute approximate surface area is 217 Å². The Hall–Kier alpha value is -3.32. The second kappa shape index (κ2) is 10.7. The average molecular weight is 508 g/mol. The first kappa shape index (κ1) is 25.8. The number of aromatic nitrogens is 4. The first-order valence-electron chi connectivity index (χ1n) is 12.4. The molecular formula is C28H34ClN5O2. The van der Waals surface area contributed by atoms with E-state index in [2.05, 4.69) is 41.3 Å². The van der Waals surface area contributed by atoms with Crippen LogP contribution in [0.1, 0.15) is 63.2 Å². The number of hydrogen-bond acceptors (Lipinski definition) is 4. The molecule has 1 atom stereocenters. The zero-order valence-corrected chi connectivity index (χ0v) is 22.3. The molecule has 2 aromatic carbocycles. The van der Waals surface area contributed by atoms with Gasteiger partial charge >= 0.3 is 0 Å². The topological polar surface area (TPSA) is 84.3 Å². The van der Waals surface area contributed by atoms with E-state index < -0.39 is 6.10 Å². The number of H-pyrrole nitrogens is 1. The van der Waals surface area contributed by atoms with Crippen LogP contribution in [-0.2, 0) is 23.1 Å². The Balaban J connectivity index is 1.22. The Bertz CT molecular complexity index is 1320. The molecule has 8 heteroatoms. The van der Waals surface area contributed by atoms with Crippen molar-refractivity contribution in [2.45, 2.75) is 71.8 Å². The zero-order chi connectivity index (χ0) is 25.9. The van der Waals surface area contributed by atoms with Gasteiger partial charge in [0, 0.05) is 17.5 Å². The van der Waals surface area contributed by atoms with Crippen LogP contribution in [-0.4, -0.2) is 31.8 Å². The highest BCUT2D eigenvalue weighted by Crippen LogP contribution is 2.30. The molecule has 2 heterocycles. The van der Waals surface area contributed by atoms with Crippen LogP contribution >= 0.6 is 11.6 Å². The van der Waals surface area contributed by atoms with E-state index in [4.69, 9.17) is 16.3 Å². The fourth-order valence-electron chi connectivity index (χ4n) is 3.93. The number of carbonyl (C=O) groups excluding carboxylic acids is 1. The van der Waals surface area contributed by atoms with Gasteiger partial charge in [0.05, 0.1) is 5.69 Å². The second-order valence-corrected chi connectivity index (χ2v) is 10.7. The number of aromatic amines is 1. The summed E-state index contributed by atoms with van der Waals surface area (Å²) < 4.78 is 7.42. The molecule has 0 fully saturated rings. The van der Waals surface area contributed by atoms with Gasteiger partial charge in [-0.2, -0.15) is 4.63 Å². The number of carbonyl (C=O) groups is 1. The van der Waals surface area contributed by atoms with Crippen LogP contribution in [0.4, 0.5) is 5.69 Å². The summed E-state index contributed by atoms with van der Waals surface area (Å²) in [5.41, 5.74) is 4.67. The third kappa shape index (κ3) is 6.26. The lowest BCUT2D eigenvalue weighted by atomic mass is 9.92. The number of unbranched alkanes of at least 4 members (excludes halogenated alkanes) is 1. The molecule has 0 aliphatic rings. The molecule has 0 radical (unpaired) electrons. The van der Waals surface area contributed by atoms with Crippen molar-refractivity contribution in [3.8, 4) is 5.75 Å². The van der Waals surface area contributed by atoms with Crippen molar-refractivity contribution in [1.82, 2.24) is 19.8 Å². The van der Waals surface area contributed by atoms with Crippen LogP contribution < -0.4 is 10.1 Å². The third-order valence-electron chi connectivity index (χ3n) is 6.07. The van der Waals surface area contributed by atoms with E-state index in [9.17, 15) is 4.79 Å². The first-order chi connectivity index (χ1) is 17.1. The van der Waals surface area contributed by atoms with Crippen LogP contribution in [0.15, 0.2) is 48.5 Å². The van der Waals surface area contributed by atoms with Gasteiger partial charge in [-0.25, -0.2) is 4.98 Å². The molecule has 36 heavy (non-hydrogen) atoms. The van der Waals surface area contributed by atoms with Crippen molar-refractivity contribution >= 4 is 28.8 Å². The van der Waals surface area contributed by atoms with Crippen LogP contribution in [0.25, 0.3) is 5.65 Å². The highest BCUT2D eigenvalue weighted by Gasteiger charge is 2.24. The van der Waals surface area contributed by atoms with Crippen LogP contribution in [0.5, 0.6) is 5.75 Å². The molecule has 1 unspecified atom stereocenters. The number of fused-ring (bicyclic) bond motifs is 1. The van der Waals surface area contributed by atoms with Gasteiger partial charge in [-0.05, 0) is 62.9 Å². The summed E-state index contributed by atoms with van der Waals surface area (Å²) in [7, 11) is 0. The number of aryl methyl sites for hydroxylation is 3. The number of hydrogen-bond donors (Lipinski definition) is 2. The fourth-order valence-corrected chi connectivity index (χ4v) is 4.38. The number of nitrogens with zero attached hydrogens (tertiary/aromatic N) is 3. The second-order valence-electron chi connectivity index (χ2n) is 10.3. The molecular weight excluding hydrogens is 474 g/mol. The number of rotatable bonds is 9. The minimum atomic E-state index is -0.592. The van der Waals surface area contributed by atoms with Crippen LogP contribution in [0.3, 0.4) is 0 Å². The fraction of sp³-hybridized carbons (Fsp3) is 0.393. The van der Waals surface area contributed by atoms with E-state index in [1.54, 1.807) is 11.6 Å². The van der Waals surface area contributed by atoms with Gasteiger partial charge < -0.3 is 10.1 Å². The summed E-state index contributed by atoms with van der Waals surface area (Å²) in [5.74, 6) is 1.30.